The molecule has 0 aliphatic carbocycles. The molecular formula is C19H16N2O4. The van der Waals surface area contributed by atoms with E-state index in [1.54, 1.807) is 41.3 Å². The van der Waals surface area contributed by atoms with Crippen molar-refractivity contribution in [2.75, 3.05) is 7.11 Å². The van der Waals surface area contributed by atoms with Crippen molar-refractivity contribution in [2.24, 2.45) is 0 Å². The van der Waals surface area contributed by atoms with E-state index in [0.717, 1.165) is 11.3 Å². The molecule has 0 fully saturated rings. The van der Waals surface area contributed by atoms with Crippen molar-refractivity contribution in [1.29, 1.82) is 0 Å². The van der Waals surface area contributed by atoms with Crippen LogP contribution in [-0.2, 0) is 16.0 Å². The van der Waals surface area contributed by atoms with E-state index in [1.807, 2.05) is 30.3 Å². The molecule has 3 rings (SSSR count). The largest absolute Gasteiger partial charge is 0.465 e. The minimum Gasteiger partial charge on any atom is -0.465 e. The van der Waals surface area contributed by atoms with Crippen LogP contribution in [0.15, 0.2) is 67.0 Å². The average Bonchev–Trinajstić information content (AvgIpc) is 3.10. The van der Waals surface area contributed by atoms with Crippen LogP contribution in [0.5, 0.6) is 5.75 Å². The number of hydrogen-bond donors (Lipinski definition) is 0. The van der Waals surface area contributed by atoms with Gasteiger partial charge in [-0.05, 0) is 36.4 Å². The molecule has 1 aromatic heterocycles. The van der Waals surface area contributed by atoms with Crippen molar-refractivity contribution in [1.82, 2.24) is 9.78 Å². The first kappa shape index (κ1) is 16.4. The lowest BCUT2D eigenvalue weighted by atomic mass is 10.2. The molecule has 3 aromatic rings. The summed E-state index contributed by atoms with van der Waals surface area (Å²) in [7, 11) is 1.31. The number of nitrogens with zero attached hydrogens (tertiary/aromatic N) is 2. The van der Waals surface area contributed by atoms with Gasteiger partial charge in [0.2, 0.25) is 0 Å². The van der Waals surface area contributed by atoms with E-state index in [4.69, 9.17) is 4.74 Å². The predicted octanol–water partition coefficient (Wildman–Crippen LogP) is 2.81. The Hall–Kier alpha value is -3.41. The highest BCUT2D eigenvalue weighted by Gasteiger charge is 2.10. The van der Waals surface area contributed by atoms with Gasteiger partial charge in [0.05, 0.1) is 31.0 Å². The predicted molar refractivity (Wildman–Crippen MR) is 90.7 cm³/mol. The van der Waals surface area contributed by atoms with Gasteiger partial charge in [-0.25, -0.2) is 9.48 Å². The highest BCUT2D eigenvalue weighted by atomic mass is 16.5. The van der Waals surface area contributed by atoms with Crippen molar-refractivity contribution in [3.63, 3.8) is 0 Å². The van der Waals surface area contributed by atoms with E-state index in [1.165, 1.54) is 7.11 Å². The molecule has 0 aliphatic heterocycles. The van der Waals surface area contributed by atoms with Gasteiger partial charge in [-0.15, -0.1) is 0 Å². The van der Waals surface area contributed by atoms with Gasteiger partial charge < -0.3 is 9.47 Å². The van der Waals surface area contributed by atoms with E-state index >= 15 is 0 Å². The summed E-state index contributed by atoms with van der Waals surface area (Å²) in [6.07, 6.45) is 3.52. The molecule has 2 aromatic carbocycles. The van der Waals surface area contributed by atoms with Gasteiger partial charge >= 0.3 is 11.9 Å². The second-order valence-corrected chi connectivity index (χ2v) is 5.30. The van der Waals surface area contributed by atoms with Gasteiger partial charge in [-0.1, -0.05) is 18.2 Å². The zero-order valence-corrected chi connectivity index (χ0v) is 13.6. The maximum atomic E-state index is 12.1. The summed E-state index contributed by atoms with van der Waals surface area (Å²) in [5.74, 6) is -0.474. The van der Waals surface area contributed by atoms with Crippen molar-refractivity contribution < 1.29 is 19.1 Å². The number of para-hydroxylation sites is 1. The van der Waals surface area contributed by atoms with Gasteiger partial charge in [0.1, 0.15) is 5.75 Å². The average molecular weight is 336 g/mol. The Morgan fingerprint density at radius 3 is 2.44 bits per heavy atom. The quantitative estimate of drug-likeness (QED) is 0.529. The minimum absolute atomic E-state index is 0.103. The summed E-state index contributed by atoms with van der Waals surface area (Å²) >= 11 is 0. The SMILES string of the molecule is COC(=O)c1ccc(OC(=O)Cc2cnn(-c3ccccc3)c2)cc1. The van der Waals surface area contributed by atoms with Gasteiger partial charge in [0, 0.05) is 11.8 Å². The zero-order chi connectivity index (χ0) is 17.6. The van der Waals surface area contributed by atoms with E-state index in [0.29, 0.717) is 11.3 Å². The third kappa shape index (κ3) is 4.11. The van der Waals surface area contributed by atoms with Crippen molar-refractivity contribution >= 4 is 11.9 Å². The molecule has 6 nitrogen and oxygen atoms in total. The Morgan fingerprint density at radius 1 is 1.04 bits per heavy atom. The topological polar surface area (TPSA) is 70.4 Å². The lowest BCUT2D eigenvalue weighted by Crippen LogP contribution is -2.11. The fourth-order valence-electron chi connectivity index (χ4n) is 2.28. The first-order valence-electron chi connectivity index (χ1n) is 7.64. The fourth-order valence-corrected chi connectivity index (χ4v) is 2.28. The van der Waals surface area contributed by atoms with Crippen LogP contribution in [0.2, 0.25) is 0 Å². The molecule has 0 saturated carbocycles. The van der Waals surface area contributed by atoms with Gasteiger partial charge in [0.25, 0.3) is 0 Å². The minimum atomic E-state index is -0.439. The second-order valence-electron chi connectivity index (χ2n) is 5.30. The molecule has 0 N–H and O–H groups in total. The summed E-state index contributed by atoms with van der Waals surface area (Å²) in [6, 6.07) is 15.8. The van der Waals surface area contributed by atoms with E-state index < -0.39 is 11.9 Å². The number of methoxy groups -OCH3 is 1. The number of hydrogen-bond acceptors (Lipinski definition) is 5. The lowest BCUT2D eigenvalue weighted by Gasteiger charge is -2.04. The zero-order valence-electron chi connectivity index (χ0n) is 13.6. The number of carbonyl (C=O) groups is 2. The maximum absolute atomic E-state index is 12.1. The number of ether oxygens (including phenoxy) is 2. The highest BCUT2D eigenvalue weighted by molar-refractivity contribution is 5.89. The molecule has 0 unspecified atom stereocenters. The fraction of sp³-hybridized carbons (Fsp3) is 0.105. The Morgan fingerprint density at radius 2 is 1.76 bits per heavy atom. The van der Waals surface area contributed by atoms with Crippen LogP contribution in [0.1, 0.15) is 15.9 Å². The summed E-state index contributed by atoms with van der Waals surface area (Å²) < 4.78 is 11.6. The molecule has 0 spiro atoms. The summed E-state index contributed by atoms with van der Waals surface area (Å²) in [5.41, 5.74) is 2.06. The molecular weight excluding hydrogens is 320 g/mol. The molecule has 6 heteroatoms. The summed E-state index contributed by atoms with van der Waals surface area (Å²) in [4.78, 5) is 23.4. The Kier molecular flexibility index (Phi) is 4.89. The Balaban J connectivity index is 1.61. The van der Waals surface area contributed by atoms with Gasteiger partial charge in [-0.2, -0.15) is 5.10 Å². The smallest absolute Gasteiger partial charge is 0.337 e. The number of carbonyl (C=O) groups excluding carboxylic acids is 2. The molecule has 25 heavy (non-hydrogen) atoms. The normalized spacial score (nSPS) is 10.3. The number of aromatic nitrogens is 2. The number of rotatable bonds is 5. The van der Waals surface area contributed by atoms with Crippen LogP contribution >= 0.6 is 0 Å². The molecule has 0 atom stereocenters. The molecule has 0 saturated heterocycles. The summed E-state index contributed by atoms with van der Waals surface area (Å²) in [5, 5.41) is 4.24. The van der Waals surface area contributed by atoms with Gasteiger partial charge in [0.15, 0.2) is 0 Å². The van der Waals surface area contributed by atoms with Crippen LogP contribution in [0.3, 0.4) is 0 Å². The monoisotopic (exact) mass is 336 g/mol. The first-order valence-corrected chi connectivity index (χ1v) is 7.64. The van der Waals surface area contributed by atoms with Crippen LogP contribution in [0.25, 0.3) is 5.69 Å². The van der Waals surface area contributed by atoms with Crippen molar-refractivity contribution in [3.8, 4) is 11.4 Å². The summed E-state index contributed by atoms with van der Waals surface area (Å²) in [6.45, 7) is 0. The first-order chi connectivity index (χ1) is 12.2. The third-order valence-corrected chi connectivity index (χ3v) is 3.51. The van der Waals surface area contributed by atoms with E-state index in [2.05, 4.69) is 9.84 Å². The Labute approximate surface area is 144 Å². The molecule has 0 radical (unpaired) electrons. The van der Waals surface area contributed by atoms with Crippen molar-refractivity contribution in [3.05, 3.63) is 78.1 Å². The second kappa shape index (κ2) is 7.44. The molecule has 0 amide bonds. The Bertz CT molecular complexity index is 870. The van der Waals surface area contributed by atoms with E-state index in [-0.39, 0.29) is 6.42 Å². The van der Waals surface area contributed by atoms with Crippen molar-refractivity contribution in [2.45, 2.75) is 6.42 Å². The maximum Gasteiger partial charge on any atom is 0.337 e. The molecule has 126 valence electrons. The van der Waals surface area contributed by atoms with Crippen LogP contribution < -0.4 is 4.74 Å². The standard InChI is InChI=1S/C19H16N2O4/c1-24-19(23)15-7-9-17(10-8-15)25-18(22)11-14-12-20-21(13-14)16-5-3-2-4-6-16/h2-10,12-13H,11H2,1H3. The lowest BCUT2D eigenvalue weighted by molar-refractivity contribution is -0.133. The number of benzene rings is 2. The molecule has 1 heterocycles. The van der Waals surface area contributed by atoms with Crippen LogP contribution in [0, 0.1) is 0 Å². The highest BCUT2D eigenvalue weighted by Crippen LogP contribution is 2.14. The van der Waals surface area contributed by atoms with Gasteiger partial charge in [-0.3, -0.25) is 4.79 Å². The molecule has 0 aliphatic rings. The number of esters is 2. The van der Waals surface area contributed by atoms with Crippen LogP contribution in [0.4, 0.5) is 0 Å². The molecule has 0 bridgehead atoms. The van der Waals surface area contributed by atoms with E-state index in [9.17, 15) is 9.59 Å². The van der Waals surface area contributed by atoms with Crippen LogP contribution in [-0.4, -0.2) is 28.8 Å². The third-order valence-electron chi connectivity index (χ3n) is 3.51.